The minimum absolute atomic E-state index is 0.131. The molecule has 0 aliphatic carbocycles. The van der Waals surface area contributed by atoms with Gasteiger partial charge in [-0.15, -0.1) is 11.3 Å². The molecular weight excluding hydrogens is 162 g/mol. The van der Waals surface area contributed by atoms with Gasteiger partial charge in [0.1, 0.15) is 10.7 Å². The molecule has 1 amide bonds. The smallest absolute Gasteiger partial charge is 0.268 e. The summed E-state index contributed by atoms with van der Waals surface area (Å²) in [5.74, 6) is -0.506. The Morgan fingerprint density at radius 1 is 1.82 bits per heavy atom. The molecule has 4 nitrogen and oxygen atoms in total. The second-order valence-electron chi connectivity index (χ2n) is 2.22. The van der Waals surface area contributed by atoms with Gasteiger partial charge in [-0.3, -0.25) is 4.79 Å². The number of aromatic nitrogens is 1. The van der Waals surface area contributed by atoms with Crippen molar-refractivity contribution >= 4 is 17.2 Å². The second-order valence-corrected chi connectivity index (χ2v) is 3.11. The highest BCUT2D eigenvalue weighted by Crippen LogP contribution is 2.14. The summed E-state index contributed by atoms with van der Waals surface area (Å²) in [7, 11) is 0. The first kappa shape index (κ1) is 8.16. The molecule has 0 aliphatic heterocycles. The molecule has 0 radical (unpaired) electrons. The van der Waals surface area contributed by atoms with Crippen LogP contribution in [0.4, 0.5) is 0 Å². The van der Waals surface area contributed by atoms with E-state index >= 15 is 0 Å². The van der Waals surface area contributed by atoms with Crippen LogP contribution in [0.5, 0.6) is 0 Å². The van der Waals surface area contributed by atoms with E-state index in [9.17, 15) is 4.79 Å². The largest absolute Gasteiger partial charge is 0.364 e. The maximum Gasteiger partial charge on any atom is 0.268 e. The minimum Gasteiger partial charge on any atom is -0.364 e. The molecule has 0 fully saturated rings. The molecule has 0 unspecified atom stereocenters. The highest BCUT2D eigenvalue weighted by molar-refractivity contribution is 7.09. The van der Waals surface area contributed by atoms with Gasteiger partial charge in [-0.25, -0.2) is 4.98 Å². The van der Waals surface area contributed by atoms with Crippen molar-refractivity contribution < 1.29 is 4.79 Å². The van der Waals surface area contributed by atoms with Gasteiger partial charge in [-0.05, 0) is 6.92 Å². The lowest BCUT2D eigenvalue weighted by molar-refractivity contribution is 0.0996. The van der Waals surface area contributed by atoms with Crippen LogP contribution in [0.15, 0.2) is 5.38 Å². The predicted octanol–water partition coefficient (Wildman–Crippen LogP) is 0.262. The minimum atomic E-state index is -0.506. The van der Waals surface area contributed by atoms with E-state index in [2.05, 4.69) is 4.98 Å². The van der Waals surface area contributed by atoms with Crippen molar-refractivity contribution in [2.45, 2.75) is 13.0 Å². The summed E-state index contributed by atoms with van der Waals surface area (Å²) in [5, 5.41) is 2.35. The summed E-state index contributed by atoms with van der Waals surface area (Å²) >= 11 is 1.35. The van der Waals surface area contributed by atoms with E-state index in [1.807, 2.05) is 6.92 Å². The Balaban J connectivity index is 2.90. The van der Waals surface area contributed by atoms with E-state index in [0.717, 1.165) is 5.01 Å². The van der Waals surface area contributed by atoms with E-state index < -0.39 is 5.91 Å². The topological polar surface area (TPSA) is 82.0 Å². The third-order valence-electron chi connectivity index (χ3n) is 1.16. The number of nitrogens with zero attached hydrogens (tertiary/aromatic N) is 1. The standard InChI is InChI=1S/C6H9N3OS/c1-3(7)6-9-4(2-11-6)5(8)10/h2-3H,7H2,1H3,(H2,8,10)/t3-/m0/s1. The number of carbonyl (C=O) groups excluding carboxylic acids is 1. The van der Waals surface area contributed by atoms with Gasteiger partial charge < -0.3 is 11.5 Å². The first-order chi connectivity index (χ1) is 5.11. The van der Waals surface area contributed by atoms with Crippen molar-refractivity contribution in [1.82, 2.24) is 4.98 Å². The van der Waals surface area contributed by atoms with Gasteiger partial charge in [-0.1, -0.05) is 0 Å². The number of nitrogens with two attached hydrogens (primary N) is 2. The second kappa shape index (κ2) is 2.98. The monoisotopic (exact) mass is 171 g/mol. The number of carbonyl (C=O) groups is 1. The van der Waals surface area contributed by atoms with E-state index in [1.54, 1.807) is 5.38 Å². The van der Waals surface area contributed by atoms with Crippen LogP contribution in [0.25, 0.3) is 0 Å². The summed E-state index contributed by atoms with van der Waals surface area (Å²) in [4.78, 5) is 14.5. The van der Waals surface area contributed by atoms with Crippen LogP contribution < -0.4 is 11.5 Å². The van der Waals surface area contributed by atoms with Gasteiger partial charge in [0.25, 0.3) is 5.91 Å². The molecule has 4 N–H and O–H groups in total. The maximum atomic E-state index is 10.6. The molecular formula is C6H9N3OS. The third kappa shape index (κ3) is 1.75. The predicted molar refractivity (Wildman–Crippen MR) is 43.2 cm³/mol. The zero-order chi connectivity index (χ0) is 8.43. The average Bonchev–Trinajstić information content (AvgIpc) is 2.33. The van der Waals surface area contributed by atoms with Gasteiger partial charge in [0.05, 0.1) is 6.04 Å². The molecule has 0 saturated heterocycles. The summed E-state index contributed by atoms with van der Waals surface area (Å²) < 4.78 is 0. The van der Waals surface area contributed by atoms with Crippen molar-refractivity contribution in [2.75, 3.05) is 0 Å². The molecule has 11 heavy (non-hydrogen) atoms. The summed E-state index contributed by atoms with van der Waals surface area (Å²) in [6.45, 7) is 1.81. The van der Waals surface area contributed by atoms with E-state index in [0.29, 0.717) is 5.69 Å². The zero-order valence-corrected chi connectivity index (χ0v) is 6.89. The number of hydrogen-bond acceptors (Lipinski definition) is 4. The zero-order valence-electron chi connectivity index (χ0n) is 6.07. The fraction of sp³-hybridized carbons (Fsp3) is 0.333. The molecule has 60 valence electrons. The normalized spacial score (nSPS) is 12.9. The molecule has 1 aromatic rings. The number of primary amides is 1. The fourth-order valence-corrected chi connectivity index (χ4v) is 1.38. The lowest BCUT2D eigenvalue weighted by Crippen LogP contribution is -2.12. The van der Waals surface area contributed by atoms with Gasteiger partial charge in [0.15, 0.2) is 0 Å². The Morgan fingerprint density at radius 2 is 2.45 bits per heavy atom. The molecule has 0 aliphatic rings. The molecule has 0 saturated carbocycles. The summed E-state index contributed by atoms with van der Waals surface area (Å²) in [6.07, 6.45) is 0. The highest BCUT2D eigenvalue weighted by Gasteiger charge is 2.08. The van der Waals surface area contributed by atoms with E-state index in [4.69, 9.17) is 11.5 Å². The lowest BCUT2D eigenvalue weighted by Gasteiger charge is -1.95. The Hall–Kier alpha value is -0.940. The van der Waals surface area contributed by atoms with Crippen molar-refractivity contribution in [3.05, 3.63) is 16.1 Å². The van der Waals surface area contributed by atoms with E-state index in [1.165, 1.54) is 11.3 Å². The Bertz CT molecular complexity index is 269. The van der Waals surface area contributed by atoms with Gasteiger partial charge in [0.2, 0.25) is 0 Å². The van der Waals surface area contributed by atoms with Gasteiger partial charge >= 0.3 is 0 Å². The molecule has 0 bridgehead atoms. The quantitative estimate of drug-likeness (QED) is 0.669. The summed E-state index contributed by atoms with van der Waals surface area (Å²) in [6, 6.07) is -0.131. The lowest BCUT2D eigenvalue weighted by atomic mass is 10.4. The van der Waals surface area contributed by atoms with Gasteiger partial charge in [0, 0.05) is 5.38 Å². The Morgan fingerprint density at radius 3 is 2.73 bits per heavy atom. The van der Waals surface area contributed by atoms with Crippen LogP contribution in [0, 0.1) is 0 Å². The molecule has 1 heterocycles. The van der Waals surface area contributed by atoms with Crippen LogP contribution in [-0.4, -0.2) is 10.9 Å². The van der Waals surface area contributed by atoms with E-state index in [-0.39, 0.29) is 6.04 Å². The average molecular weight is 171 g/mol. The number of rotatable bonds is 2. The van der Waals surface area contributed by atoms with Crippen LogP contribution >= 0.6 is 11.3 Å². The molecule has 5 heteroatoms. The number of hydrogen-bond donors (Lipinski definition) is 2. The molecule has 1 rings (SSSR count). The first-order valence-corrected chi connectivity index (χ1v) is 4.00. The Labute approximate surface area is 68.2 Å². The number of amides is 1. The van der Waals surface area contributed by atoms with Crippen LogP contribution in [0.3, 0.4) is 0 Å². The highest BCUT2D eigenvalue weighted by atomic mass is 32.1. The maximum absolute atomic E-state index is 10.6. The molecule has 1 aromatic heterocycles. The SMILES string of the molecule is C[C@H](N)c1nc(C(N)=O)cs1. The Kier molecular flexibility index (Phi) is 2.21. The van der Waals surface area contributed by atoms with Crippen molar-refractivity contribution in [1.29, 1.82) is 0 Å². The fourth-order valence-electron chi connectivity index (χ4n) is 0.610. The van der Waals surface area contributed by atoms with Crippen LogP contribution in [0.2, 0.25) is 0 Å². The first-order valence-electron chi connectivity index (χ1n) is 3.12. The molecule has 0 aromatic carbocycles. The van der Waals surface area contributed by atoms with Gasteiger partial charge in [-0.2, -0.15) is 0 Å². The third-order valence-corrected chi connectivity index (χ3v) is 2.21. The van der Waals surface area contributed by atoms with Crippen molar-refractivity contribution in [3.63, 3.8) is 0 Å². The van der Waals surface area contributed by atoms with Crippen LogP contribution in [0.1, 0.15) is 28.5 Å². The molecule has 0 spiro atoms. The molecule has 1 atom stereocenters. The number of thiazole rings is 1. The van der Waals surface area contributed by atoms with Crippen molar-refractivity contribution in [3.8, 4) is 0 Å². The van der Waals surface area contributed by atoms with Crippen LogP contribution in [-0.2, 0) is 0 Å². The summed E-state index contributed by atoms with van der Waals surface area (Å²) in [5.41, 5.74) is 10.8. The van der Waals surface area contributed by atoms with Crippen molar-refractivity contribution in [2.24, 2.45) is 11.5 Å².